The van der Waals surface area contributed by atoms with Crippen molar-refractivity contribution in [2.45, 2.75) is 0 Å². The minimum atomic E-state index is 0.166. The lowest BCUT2D eigenvalue weighted by Gasteiger charge is -1.68. The second-order valence-electron chi connectivity index (χ2n) is 0.838. The van der Waals surface area contributed by atoms with Gasteiger partial charge in [0.1, 0.15) is 6.33 Å². The summed E-state index contributed by atoms with van der Waals surface area (Å²) in [6, 6.07) is 0. The van der Waals surface area contributed by atoms with Crippen LogP contribution in [0.2, 0.25) is 0 Å². The molecule has 29 valence electrons. The fourth-order valence-corrected chi connectivity index (χ4v) is 0.607. The standard InChI is InChI=1S/C3H3N2Si/c1-4-2-6-3-5-1/h1-2,6H. The van der Waals surface area contributed by atoms with Crippen LogP contribution >= 0.6 is 0 Å². The second kappa shape index (κ2) is 1.77. The first-order chi connectivity index (χ1) is 3.00. The fourth-order valence-electron chi connectivity index (χ4n) is 0.225. The Morgan fingerprint density at radius 3 is 2.83 bits per heavy atom. The Morgan fingerprint density at radius 1 is 1.67 bits per heavy atom. The lowest BCUT2D eigenvalue weighted by Crippen LogP contribution is -1.76. The third kappa shape index (κ3) is 0.685. The van der Waals surface area contributed by atoms with E-state index in [0.29, 0.717) is 0 Å². The van der Waals surface area contributed by atoms with Crippen molar-refractivity contribution in [2.75, 3.05) is 0 Å². The van der Waals surface area contributed by atoms with Crippen molar-refractivity contribution in [3.63, 3.8) is 0 Å². The van der Waals surface area contributed by atoms with Crippen molar-refractivity contribution < 1.29 is 0 Å². The van der Waals surface area contributed by atoms with Gasteiger partial charge in [-0.05, 0) is 0 Å². The van der Waals surface area contributed by atoms with Gasteiger partial charge in [0.25, 0.3) is 0 Å². The molecule has 0 N–H and O–H groups in total. The largest absolute Gasteiger partial charge is 0.250 e. The molecule has 6 heavy (non-hydrogen) atoms. The van der Waals surface area contributed by atoms with Crippen LogP contribution in [0.3, 0.4) is 0 Å². The number of rotatable bonds is 0. The van der Waals surface area contributed by atoms with E-state index in [9.17, 15) is 0 Å². The molecule has 0 spiro atoms. The van der Waals surface area contributed by atoms with Gasteiger partial charge in [0.05, 0.1) is 14.9 Å². The molecule has 1 aromatic rings. The Kier molecular flexibility index (Phi) is 1.06. The van der Waals surface area contributed by atoms with Crippen LogP contribution in [0, 0.1) is 5.81 Å². The highest BCUT2D eigenvalue weighted by atomic mass is 28.2. The Bertz CT molecular complexity index is 80.7. The van der Waals surface area contributed by atoms with Gasteiger partial charge in [-0.3, -0.25) is 4.98 Å². The average Bonchev–Trinajstić information content (AvgIpc) is 1.72. The van der Waals surface area contributed by atoms with E-state index in [2.05, 4.69) is 15.8 Å². The third-order valence-electron chi connectivity index (χ3n) is 0.434. The monoisotopic (exact) mass is 95.0 g/mol. The molecular weight excluding hydrogens is 92.1 g/mol. The summed E-state index contributed by atoms with van der Waals surface area (Å²) >= 11 is 0. The maximum absolute atomic E-state index is 3.73. The van der Waals surface area contributed by atoms with Gasteiger partial charge in [-0.1, -0.05) is 0 Å². The highest BCUT2D eigenvalue weighted by molar-refractivity contribution is 6.24. The highest BCUT2D eigenvalue weighted by Gasteiger charge is 1.61. The summed E-state index contributed by atoms with van der Waals surface area (Å²) in [6.07, 6.45) is 1.50. The van der Waals surface area contributed by atoms with Crippen LogP contribution in [0.15, 0.2) is 12.1 Å². The van der Waals surface area contributed by atoms with Gasteiger partial charge < -0.3 is 0 Å². The molecule has 0 bridgehead atoms. The van der Waals surface area contributed by atoms with Crippen molar-refractivity contribution in [1.82, 2.24) is 9.97 Å². The van der Waals surface area contributed by atoms with E-state index < -0.39 is 0 Å². The molecular formula is C3H3N2Si. The zero-order chi connectivity index (χ0) is 4.24. The lowest BCUT2D eigenvalue weighted by atomic mass is 11.3. The first-order valence-electron chi connectivity index (χ1n) is 1.62. The molecule has 0 aliphatic carbocycles. The zero-order valence-corrected chi connectivity index (χ0v) is 4.28. The Hall–Kier alpha value is -0.573. The minimum Gasteiger partial charge on any atom is -0.250 e. The number of hydrogen-bond donors (Lipinski definition) is 0. The summed E-state index contributed by atoms with van der Waals surface area (Å²) in [6.45, 7) is 0. The number of nitrogens with zero attached hydrogens (tertiary/aromatic N) is 2. The predicted octanol–water partition coefficient (Wildman–Crippen LogP) is -0.653. The molecule has 0 aromatic carbocycles. The highest BCUT2D eigenvalue weighted by Crippen LogP contribution is 1.55. The van der Waals surface area contributed by atoms with Crippen LogP contribution in [-0.2, 0) is 0 Å². The van der Waals surface area contributed by atoms with Crippen molar-refractivity contribution in [3.05, 3.63) is 17.9 Å². The SMILES string of the molecule is [c]1ncnc[siH]1. The van der Waals surface area contributed by atoms with Gasteiger partial charge in [-0.25, -0.2) is 4.98 Å². The maximum Gasteiger partial charge on any atom is 0.115 e. The molecule has 1 rings (SSSR count). The smallest absolute Gasteiger partial charge is 0.115 e. The molecule has 0 atom stereocenters. The molecule has 0 amide bonds. The van der Waals surface area contributed by atoms with Gasteiger partial charge in [-0.15, -0.1) is 0 Å². The van der Waals surface area contributed by atoms with Gasteiger partial charge in [0.15, 0.2) is 0 Å². The predicted molar refractivity (Wildman–Crippen MR) is 23.6 cm³/mol. The van der Waals surface area contributed by atoms with E-state index in [1.807, 2.05) is 5.81 Å². The maximum atomic E-state index is 3.73. The van der Waals surface area contributed by atoms with Crippen LogP contribution in [0.25, 0.3) is 0 Å². The van der Waals surface area contributed by atoms with Crippen molar-refractivity contribution >= 4 is 9.12 Å². The van der Waals surface area contributed by atoms with Crippen LogP contribution < -0.4 is 0 Å². The summed E-state index contributed by atoms with van der Waals surface area (Å²) in [5.41, 5.74) is 0. The Balaban J connectivity index is 3.00. The molecule has 1 aromatic heterocycles. The number of aromatic nitrogens is 2. The molecule has 1 radical (unpaired) electrons. The van der Waals surface area contributed by atoms with Crippen LogP contribution in [-0.4, -0.2) is 19.1 Å². The Labute approximate surface area is 38.0 Å². The van der Waals surface area contributed by atoms with E-state index in [-0.39, 0.29) is 9.12 Å². The van der Waals surface area contributed by atoms with Crippen molar-refractivity contribution in [1.29, 1.82) is 0 Å². The summed E-state index contributed by atoms with van der Waals surface area (Å²) in [5, 5.41) is 0. The quantitative estimate of drug-likeness (QED) is 0.400. The summed E-state index contributed by atoms with van der Waals surface area (Å²) in [5.74, 6) is 4.63. The van der Waals surface area contributed by atoms with Crippen molar-refractivity contribution in [2.24, 2.45) is 0 Å². The molecule has 2 nitrogen and oxygen atoms in total. The molecule has 1 heterocycles. The molecule has 0 fully saturated rings. The summed E-state index contributed by atoms with van der Waals surface area (Å²) < 4.78 is 0. The lowest BCUT2D eigenvalue weighted by molar-refractivity contribution is 1.21. The van der Waals surface area contributed by atoms with E-state index in [1.54, 1.807) is 0 Å². The molecule has 0 saturated carbocycles. The molecule has 0 aliphatic rings. The van der Waals surface area contributed by atoms with Gasteiger partial charge >= 0.3 is 0 Å². The topological polar surface area (TPSA) is 25.8 Å². The summed E-state index contributed by atoms with van der Waals surface area (Å²) in [4.78, 5) is 7.38. The fraction of sp³-hybridized carbons (Fsp3) is 0. The van der Waals surface area contributed by atoms with Crippen LogP contribution in [0.5, 0.6) is 0 Å². The van der Waals surface area contributed by atoms with Gasteiger partial charge in [0.2, 0.25) is 0 Å². The van der Waals surface area contributed by atoms with E-state index in [4.69, 9.17) is 0 Å². The van der Waals surface area contributed by atoms with E-state index in [0.717, 1.165) is 0 Å². The van der Waals surface area contributed by atoms with Crippen LogP contribution in [0.1, 0.15) is 0 Å². The normalized spacial score (nSPS) is 8.00. The minimum absolute atomic E-state index is 0.166. The molecule has 0 saturated heterocycles. The summed E-state index contributed by atoms with van der Waals surface area (Å²) in [7, 11) is 0.166. The van der Waals surface area contributed by atoms with Crippen molar-refractivity contribution in [3.8, 4) is 0 Å². The van der Waals surface area contributed by atoms with E-state index in [1.165, 1.54) is 6.33 Å². The molecule has 0 unspecified atom stereocenters. The zero-order valence-electron chi connectivity index (χ0n) is 3.13. The average molecular weight is 95.2 g/mol. The second-order valence-corrected chi connectivity index (χ2v) is 1.73. The molecule has 0 aliphatic heterocycles. The van der Waals surface area contributed by atoms with Crippen LogP contribution in [0.4, 0.5) is 0 Å². The third-order valence-corrected chi connectivity index (χ3v) is 1.05. The van der Waals surface area contributed by atoms with Gasteiger partial charge in [0, 0.05) is 5.81 Å². The van der Waals surface area contributed by atoms with E-state index >= 15 is 0 Å². The first-order valence-corrected chi connectivity index (χ1v) is 2.86. The van der Waals surface area contributed by atoms with Gasteiger partial charge in [-0.2, -0.15) is 0 Å². The number of hydrogen-bond acceptors (Lipinski definition) is 2. The Morgan fingerprint density at radius 2 is 2.67 bits per heavy atom. The first kappa shape index (κ1) is 3.61. The molecule has 3 heteroatoms.